The van der Waals surface area contributed by atoms with Gasteiger partial charge in [-0.15, -0.1) is 0 Å². The zero-order valence-electron chi connectivity index (χ0n) is 9.00. The monoisotopic (exact) mass is 195 g/mol. The van der Waals surface area contributed by atoms with Gasteiger partial charge < -0.3 is 10.3 Å². The molecule has 0 spiro atoms. The maximum absolute atomic E-state index is 11.8. The quantitative estimate of drug-likeness (QED) is 0.382. The molecule has 1 heterocycles. The molecule has 78 valence electrons. The van der Waals surface area contributed by atoms with Crippen LogP contribution < -0.4 is 0 Å². The molecule has 4 heteroatoms. The Hall–Kier alpha value is -0.960. The minimum Gasteiger partial charge on any atom is -0.784 e. The van der Waals surface area contributed by atoms with Crippen LogP contribution in [0.4, 0.5) is 0 Å². The van der Waals surface area contributed by atoms with Crippen molar-refractivity contribution in [2.45, 2.75) is 38.8 Å². The number of isocyanates is 1. The summed E-state index contributed by atoms with van der Waals surface area (Å²) < 4.78 is 0. The van der Waals surface area contributed by atoms with Gasteiger partial charge in [0.25, 0.3) is 0 Å². The summed E-state index contributed by atoms with van der Waals surface area (Å²) in [6, 6.07) is 0. The summed E-state index contributed by atoms with van der Waals surface area (Å²) in [4.78, 5) is 13.5. The molecular weight excluding hydrogens is 180 g/mol. The average molecular weight is 195 g/mol. The molecule has 0 atom stereocenters. The molecule has 1 rings (SSSR count). The Morgan fingerprint density at radius 3 is 2.43 bits per heavy atom. The number of hydrogen-bond donors (Lipinski definition) is 0. The topological polar surface area (TPSA) is 55.7 Å². The largest absolute Gasteiger partial charge is 0.784 e. The maximum Gasteiger partial charge on any atom is 0.235 e. The van der Waals surface area contributed by atoms with Crippen molar-refractivity contribution in [3.63, 3.8) is 0 Å². The summed E-state index contributed by atoms with van der Waals surface area (Å²) >= 11 is 0. The molecular formula is C10H15N2O2-. The first-order chi connectivity index (χ1) is 6.32. The summed E-state index contributed by atoms with van der Waals surface area (Å²) in [5.74, 6) is 0. The fourth-order valence-electron chi connectivity index (χ4n) is 1.87. The van der Waals surface area contributed by atoms with E-state index in [1.165, 1.54) is 6.08 Å². The van der Waals surface area contributed by atoms with E-state index in [0.29, 0.717) is 0 Å². The molecule has 0 aromatic heterocycles. The Bertz CT molecular complexity index is 312. The third-order valence-corrected chi connectivity index (χ3v) is 2.66. The van der Waals surface area contributed by atoms with Crippen LogP contribution in [0.1, 0.15) is 27.7 Å². The van der Waals surface area contributed by atoms with Gasteiger partial charge in [0.15, 0.2) is 0 Å². The molecule has 0 aromatic carbocycles. The van der Waals surface area contributed by atoms with Gasteiger partial charge in [0, 0.05) is 11.1 Å². The zero-order chi connectivity index (χ0) is 11.0. The van der Waals surface area contributed by atoms with E-state index in [0.717, 1.165) is 10.6 Å². The van der Waals surface area contributed by atoms with E-state index in [1.807, 2.05) is 33.8 Å². The molecule has 0 aromatic rings. The second-order valence-electron chi connectivity index (χ2n) is 4.58. The molecule has 14 heavy (non-hydrogen) atoms. The highest BCUT2D eigenvalue weighted by Gasteiger charge is 2.39. The normalized spacial score (nSPS) is 24.2. The van der Waals surface area contributed by atoms with E-state index < -0.39 is 11.1 Å². The van der Waals surface area contributed by atoms with Crippen LogP contribution in [0.15, 0.2) is 16.6 Å². The van der Waals surface area contributed by atoms with Crippen molar-refractivity contribution in [1.82, 2.24) is 5.06 Å². The van der Waals surface area contributed by atoms with E-state index in [4.69, 9.17) is 0 Å². The van der Waals surface area contributed by atoms with Crippen molar-refractivity contribution >= 4 is 6.08 Å². The number of rotatable bonds is 2. The van der Waals surface area contributed by atoms with Gasteiger partial charge in [-0.2, -0.15) is 0 Å². The lowest BCUT2D eigenvalue weighted by Crippen LogP contribution is -2.46. The first-order valence-electron chi connectivity index (χ1n) is 4.55. The van der Waals surface area contributed by atoms with Crippen molar-refractivity contribution < 1.29 is 4.79 Å². The molecule has 0 saturated carbocycles. The third-order valence-electron chi connectivity index (χ3n) is 2.66. The van der Waals surface area contributed by atoms with Gasteiger partial charge in [-0.1, -0.05) is 6.08 Å². The minimum absolute atomic E-state index is 0.263. The van der Waals surface area contributed by atoms with Crippen LogP contribution in [0.3, 0.4) is 0 Å². The van der Waals surface area contributed by atoms with Gasteiger partial charge in [0.1, 0.15) is 0 Å². The molecule has 0 radical (unpaired) electrons. The van der Waals surface area contributed by atoms with Crippen LogP contribution in [0.25, 0.3) is 0 Å². The van der Waals surface area contributed by atoms with Gasteiger partial charge in [0.2, 0.25) is 6.08 Å². The molecule has 4 nitrogen and oxygen atoms in total. The first-order valence-corrected chi connectivity index (χ1v) is 4.55. The van der Waals surface area contributed by atoms with Crippen molar-refractivity contribution in [3.8, 4) is 0 Å². The fraction of sp³-hybridized carbons (Fsp3) is 0.700. The van der Waals surface area contributed by atoms with Crippen molar-refractivity contribution in [1.29, 1.82) is 0 Å². The van der Waals surface area contributed by atoms with E-state index in [9.17, 15) is 10.0 Å². The third kappa shape index (κ3) is 1.64. The smallest absolute Gasteiger partial charge is 0.235 e. The van der Waals surface area contributed by atoms with Crippen molar-refractivity contribution in [3.05, 3.63) is 16.9 Å². The SMILES string of the molecule is CC1(C)C=C(CN=C=O)C(C)(C)N1[O-]. The molecule has 0 bridgehead atoms. The van der Waals surface area contributed by atoms with E-state index in [2.05, 4.69) is 4.99 Å². The highest BCUT2D eigenvalue weighted by Crippen LogP contribution is 2.38. The van der Waals surface area contributed by atoms with Gasteiger partial charge in [-0.25, -0.2) is 9.79 Å². The van der Waals surface area contributed by atoms with E-state index in [1.54, 1.807) is 0 Å². The minimum atomic E-state index is -0.580. The molecule has 0 N–H and O–H groups in total. The Morgan fingerprint density at radius 1 is 1.50 bits per heavy atom. The van der Waals surface area contributed by atoms with Crippen LogP contribution in [0.2, 0.25) is 0 Å². The van der Waals surface area contributed by atoms with Crippen molar-refractivity contribution in [2.75, 3.05) is 6.54 Å². The van der Waals surface area contributed by atoms with Crippen LogP contribution in [0.5, 0.6) is 0 Å². The summed E-state index contributed by atoms with van der Waals surface area (Å²) in [5, 5.41) is 12.9. The molecule has 0 amide bonds. The molecule has 1 aliphatic rings. The summed E-state index contributed by atoms with van der Waals surface area (Å²) in [5.41, 5.74) is -0.220. The van der Waals surface area contributed by atoms with Gasteiger partial charge >= 0.3 is 0 Å². The second kappa shape index (κ2) is 3.31. The Morgan fingerprint density at radius 2 is 2.07 bits per heavy atom. The van der Waals surface area contributed by atoms with Crippen LogP contribution in [-0.2, 0) is 4.79 Å². The van der Waals surface area contributed by atoms with Gasteiger partial charge in [-0.3, -0.25) is 0 Å². The Kier molecular flexibility index (Phi) is 2.63. The first kappa shape index (κ1) is 11.1. The molecule has 0 aliphatic carbocycles. The van der Waals surface area contributed by atoms with Crippen LogP contribution in [0, 0.1) is 5.21 Å². The van der Waals surface area contributed by atoms with Crippen molar-refractivity contribution in [2.24, 2.45) is 4.99 Å². The molecule has 1 aliphatic heterocycles. The predicted molar refractivity (Wildman–Crippen MR) is 54.4 cm³/mol. The highest BCUT2D eigenvalue weighted by atomic mass is 16.5. The number of carbonyl (C=O) groups excluding carboxylic acids is 1. The Labute approximate surface area is 83.9 Å². The number of hydrogen-bond acceptors (Lipinski definition) is 4. The summed E-state index contributed by atoms with van der Waals surface area (Å²) in [7, 11) is 0. The molecule has 0 fully saturated rings. The number of aliphatic imine (C=N–C) groups is 1. The molecule has 0 saturated heterocycles. The lowest BCUT2D eigenvalue weighted by Gasteiger charge is -2.47. The van der Waals surface area contributed by atoms with Crippen LogP contribution in [-0.4, -0.2) is 28.8 Å². The second-order valence-corrected chi connectivity index (χ2v) is 4.58. The zero-order valence-corrected chi connectivity index (χ0v) is 9.00. The Balaban J connectivity index is 3.00. The van der Waals surface area contributed by atoms with Gasteiger partial charge in [0.05, 0.1) is 6.54 Å². The van der Waals surface area contributed by atoms with E-state index in [-0.39, 0.29) is 6.54 Å². The summed E-state index contributed by atoms with van der Waals surface area (Å²) in [6.45, 7) is 7.62. The van der Waals surface area contributed by atoms with Gasteiger partial charge in [-0.05, 0) is 33.3 Å². The fourth-order valence-corrected chi connectivity index (χ4v) is 1.87. The average Bonchev–Trinajstić information content (AvgIpc) is 2.23. The lowest BCUT2D eigenvalue weighted by molar-refractivity contribution is 0.158. The highest BCUT2D eigenvalue weighted by molar-refractivity contribution is 5.38. The van der Waals surface area contributed by atoms with Crippen LogP contribution >= 0.6 is 0 Å². The maximum atomic E-state index is 11.8. The van der Waals surface area contributed by atoms with E-state index >= 15 is 0 Å². The number of hydroxylamine groups is 2. The number of nitrogens with zero attached hydrogens (tertiary/aromatic N) is 2. The summed E-state index contributed by atoms with van der Waals surface area (Å²) in [6.07, 6.45) is 3.36. The lowest BCUT2D eigenvalue weighted by atomic mass is 9.97. The molecule has 0 unspecified atom stereocenters. The predicted octanol–water partition coefficient (Wildman–Crippen LogP) is 1.62. The standard InChI is InChI=1S/C10H15N2O2/c1-9(2)5-8(6-11-7-13)10(3,4)12(9)14/h5H,6H2,1-4H3/q-1.